The summed E-state index contributed by atoms with van der Waals surface area (Å²) in [6.45, 7) is 6.69. The summed E-state index contributed by atoms with van der Waals surface area (Å²) in [6.07, 6.45) is 6.73. The Morgan fingerprint density at radius 1 is 0.833 bits per heavy atom. The molecule has 0 fully saturated rings. The first-order chi connectivity index (χ1) is 11.6. The van der Waals surface area contributed by atoms with Gasteiger partial charge in [-0.1, -0.05) is 46.5 Å². The molecule has 4 heteroatoms. The Bertz CT molecular complexity index is 493. The lowest BCUT2D eigenvalue weighted by atomic mass is 10.1. The van der Waals surface area contributed by atoms with Crippen LogP contribution < -0.4 is 0 Å². The van der Waals surface area contributed by atoms with Crippen molar-refractivity contribution in [2.24, 2.45) is 0 Å². The van der Waals surface area contributed by atoms with Crippen molar-refractivity contribution in [2.45, 2.75) is 71.8 Å². The van der Waals surface area contributed by atoms with E-state index in [1.165, 1.54) is 0 Å². The van der Waals surface area contributed by atoms with E-state index in [0.29, 0.717) is 17.7 Å². The molecule has 1 unspecified atom stereocenters. The molecule has 0 saturated carbocycles. The van der Waals surface area contributed by atoms with Crippen molar-refractivity contribution in [1.29, 1.82) is 0 Å². The van der Waals surface area contributed by atoms with E-state index >= 15 is 0 Å². The van der Waals surface area contributed by atoms with Crippen LogP contribution in [0.1, 0.15) is 86.4 Å². The first-order valence-electron chi connectivity index (χ1n) is 9.10. The number of hydrogen-bond donors (Lipinski definition) is 0. The van der Waals surface area contributed by atoms with E-state index < -0.39 is 0 Å². The fraction of sp³-hybridized carbons (Fsp3) is 0.600. The first kappa shape index (κ1) is 20.2. The minimum atomic E-state index is -0.352. The molecule has 0 aliphatic carbocycles. The zero-order chi connectivity index (χ0) is 17.8. The Balaban J connectivity index is 2.59. The molecule has 1 atom stereocenters. The monoisotopic (exact) mass is 334 g/mol. The third-order valence-electron chi connectivity index (χ3n) is 3.85. The smallest absolute Gasteiger partial charge is 0.338 e. The van der Waals surface area contributed by atoms with Crippen molar-refractivity contribution in [3.8, 4) is 0 Å². The molecule has 0 heterocycles. The fourth-order valence-corrected chi connectivity index (χ4v) is 2.37. The zero-order valence-electron chi connectivity index (χ0n) is 15.2. The van der Waals surface area contributed by atoms with Gasteiger partial charge in [0.1, 0.15) is 6.10 Å². The van der Waals surface area contributed by atoms with E-state index in [-0.39, 0.29) is 18.0 Å². The lowest BCUT2D eigenvalue weighted by Crippen LogP contribution is -2.18. The Morgan fingerprint density at radius 3 is 1.96 bits per heavy atom. The molecule has 4 nitrogen and oxygen atoms in total. The van der Waals surface area contributed by atoms with Crippen molar-refractivity contribution in [3.63, 3.8) is 0 Å². The molecule has 1 rings (SSSR count). The summed E-state index contributed by atoms with van der Waals surface area (Å²) in [6, 6.07) is 6.49. The van der Waals surface area contributed by atoms with Crippen molar-refractivity contribution >= 4 is 11.9 Å². The lowest BCUT2D eigenvalue weighted by molar-refractivity contribution is 0.0254. The van der Waals surface area contributed by atoms with E-state index in [1.54, 1.807) is 24.3 Å². The summed E-state index contributed by atoms with van der Waals surface area (Å²) < 4.78 is 10.8. The number of carbonyl (C=O) groups is 2. The normalized spacial score (nSPS) is 11.8. The number of esters is 2. The predicted octanol–water partition coefficient (Wildman–Crippen LogP) is 5.16. The molecule has 0 radical (unpaired) electrons. The summed E-state index contributed by atoms with van der Waals surface area (Å²) in [5, 5.41) is 0. The van der Waals surface area contributed by atoms with Crippen LogP contribution in [0.4, 0.5) is 0 Å². The van der Waals surface area contributed by atoms with Crippen LogP contribution in [0, 0.1) is 0 Å². The number of carbonyl (C=O) groups excluding carboxylic acids is 2. The molecule has 0 aliphatic rings. The second-order valence-electron chi connectivity index (χ2n) is 6.03. The molecule has 0 spiro atoms. The van der Waals surface area contributed by atoms with E-state index in [1.807, 2.05) is 6.92 Å². The highest BCUT2D eigenvalue weighted by Gasteiger charge is 2.16. The molecule has 0 N–H and O–H groups in total. The standard InChI is InChI=1S/C20H30O4/c1-4-7-10-18(9-6-3)24-20(22)17-13-11-16(12-14-17)19(21)23-15-8-5-2/h11-14,18H,4-10,15H2,1-3H3. The highest BCUT2D eigenvalue weighted by Crippen LogP contribution is 2.15. The molecule has 134 valence electrons. The van der Waals surface area contributed by atoms with Crippen molar-refractivity contribution in [2.75, 3.05) is 6.61 Å². The van der Waals surface area contributed by atoms with Gasteiger partial charge in [-0.3, -0.25) is 0 Å². The quantitative estimate of drug-likeness (QED) is 0.414. The van der Waals surface area contributed by atoms with Crippen LogP contribution in [0.3, 0.4) is 0 Å². The predicted molar refractivity (Wildman–Crippen MR) is 95.3 cm³/mol. The minimum Gasteiger partial charge on any atom is -0.462 e. The van der Waals surface area contributed by atoms with Gasteiger partial charge in [-0.15, -0.1) is 0 Å². The van der Waals surface area contributed by atoms with Gasteiger partial charge in [0, 0.05) is 0 Å². The average molecular weight is 334 g/mol. The number of hydrogen-bond acceptors (Lipinski definition) is 4. The molecule has 0 bridgehead atoms. The summed E-state index contributed by atoms with van der Waals surface area (Å²) in [4.78, 5) is 24.1. The minimum absolute atomic E-state index is 0.0267. The summed E-state index contributed by atoms with van der Waals surface area (Å²) in [5.74, 6) is -0.675. The van der Waals surface area contributed by atoms with Crippen LogP contribution in [0.5, 0.6) is 0 Å². The number of ether oxygens (including phenoxy) is 2. The number of benzene rings is 1. The average Bonchev–Trinajstić information content (AvgIpc) is 2.60. The second-order valence-corrected chi connectivity index (χ2v) is 6.03. The Hall–Kier alpha value is -1.84. The third-order valence-corrected chi connectivity index (χ3v) is 3.85. The molecular weight excluding hydrogens is 304 g/mol. The van der Waals surface area contributed by atoms with Crippen LogP contribution in [0.15, 0.2) is 24.3 Å². The SMILES string of the molecule is CCCCOC(=O)c1ccc(C(=O)OC(CCC)CCCC)cc1. The maximum Gasteiger partial charge on any atom is 0.338 e. The van der Waals surface area contributed by atoms with Crippen molar-refractivity contribution < 1.29 is 19.1 Å². The Morgan fingerprint density at radius 2 is 1.42 bits per heavy atom. The zero-order valence-corrected chi connectivity index (χ0v) is 15.2. The molecule has 0 aromatic heterocycles. The summed E-state index contributed by atoms with van der Waals surface area (Å²) >= 11 is 0. The first-order valence-corrected chi connectivity index (χ1v) is 9.10. The van der Waals surface area contributed by atoms with Crippen LogP contribution in [0.25, 0.3) is 0 Å². The third kappa shape index (κ3) is 7.16. The van der Waals surface area contributed by atoms with Crippen LogP contribution >= 0.6 is 0 Å². The molecule has 1 aromatic rings. The van der Waals surface area contributed by atoms with E-state index in [4.69, 9.17) is 9.47 Å². The molecule has 0 amide bonds. The van der Waals surface area contributed by atoms with Crippen LogP contribution in [-0.4, -0.2) is 24.6 Å². The van der Waals surface area contributed by atoms with Crippen LogP contribution in [-0.2, 0) is 9.47 Å². The van der Waals surface area contributed by atoms with E-state index in [2.05, 4.69) is 13.8 Å². The maximum atomic E-state index is 12.2. The van der Waals surface area contributed by atoms with E-state index in [0.717, 1.165) is 44.9 Å². The molecule has 1 aromatic carbocycles. The van der Waals surface area contributed by atoms with Gasteiger partial charge in [0.2, 0.25) is 0 Å². The molecular formula is C20H30O4. The van der Waals surface area contributed by atoms with Crippen molar-refractivity contribution in [1.82, 2.24) is 0 Å². The highest BCUT2D eigenvalue weighted by atomic mass is 16.5. The Kier molecular flexibility index (Phi) is 9.81. The lowest BCUT2D eigenvalue weighted by Gasteiger charge is -2.17. The van der Waals surface area contributed by atoms with Gasteiger partial charge >= 0.3 is 11.9 Å². The number of rotatable bonds is 11. The fourth-order valence-electron chi connectivity index (χ4n) is 2.37. The molecule has 24 heavy (non-hydrogen) atoms. The van der Waals surface area contributed by atoms with Gasteiger partial charge in [0.05, 0.1) is 17.7 Å². The maximum absolute atomic E-state index is 12.2. The highest BCUT2D eigenvalue weighted by molar-refractivity contribution is 5.93. The van der Waals surface area contributed by atoms with Gasteiger partial charge in [0.15, 0.2) is 0 Å². The van der Waals surface area contributed by atoms with Gasteiger partial charge in [-0.2, -0.15) is 0 Å². The Labute approximate surface area is 145 Å². The number of unbranched alkanes of at least 4 members (excludes halogenated alkanes) is 2. The molecule has 0 saturated heterocycles. The molecule has 0 aliphatic heterocycles. The summed E-state index contributed by atoms with van der Waals surface area (Å²) in [5.41, 5.74) is 0.927. The van der Waals surface area contributed by atoms with Gasteiger partial charge in [-0.05, 0) is 43.5 Å². The summed E-state index contributed by atoms with van der Waals surface area (Å²) in [7, 11) is 0. The van der Waals surface area contributed by atoms with E-state index in [9.17, 15) is 9.59 Å². The van der Waals surface area contributed by atoms with Gasteiger partial charge in [-0.25, -0.2) is 9.59 Å². The topological polar surface area (TPSA) is 52.6 Å². The van der Waals surface area contributed by atoms with Gasteiger partial charge < -0.3 is 9.47 Å². The van der Waals surface area contributed by atoms with Crippen molar-refractivity contribution in [3.05, 3.63) is 35.4 Å². The second kappa shape index (κ2) is 11.7. The van der Waals surface area contributed by atoms with Crippen LogP contribution in [0.2, 0.25) is 0 Å². The van der Waals surface area contributed by atoms with Gasteiger partial charge in [0.25, 0.3) is 0 Å². The largest absolute Gasteiger partial charge is 0.462 e.